The second kappa shape index (κ2) is 13.1. The lowest BCUT2D eigenvalue weighted by Gasteiger charge is -2.06. The number of hydrogen-bond donors (Lipinski definition) is 2. The Bertz CT molecular complexity index is 252. The van der Waals surface area contributed by atoms with Gasteiger partial charge in [-0.25, -0.2) is 0 Å². The molecule has 21 heavy (non-hydrogen) atoms. The van der Waals surface area contributed by atoms with E-state index in [4.69, 9.17) is 0 Å². The molecule has 0 radical (unpaired) electrons. The monoisotopic (exact) mass is 296 g/mol. The number of unbranched alkanes of at least 4 members (excludes halogenated alkanes) is 9. The molecule has 0 aromatic heterocycles. The maximum Gasteiger partial charge on any atom is 0.223 e. The molecule has 1 rings (SSSR count). The van der Waals surface area contributed by atoms with Crippen molar-refractivity contribution in [3.05, 3.63) is 0 Å². The molecule has 1 aliphatic rings. The highest BCUT2D eigenvalue weighted by atomic mass is 16.2. The summed E-state index contributed by atoms with van der Waals surface area (Å²) in [6.45, 7) is 5.06. The molecule has 1 amide bonds. The molecule has 3 heteroatoms. The second-order valence-electron chi connectivity index (χ2n) is 6.50. The van der Waals surface area contributed by atoms with Gasteiger partial charge in [0, 0.05) is 19.0 Å². The number of amides is 1. The largest absolute Gasteiger partial charge is 0.355 e. The van der Waals surface area contributed by atoms with Crippen LogP contribution in [0, 0.1) is 5.92 Å². The van der Waals surface area contributed by atoms with Crippen LogP contribution in [0.4, 0.5) is 0 Å². The Labute approximate surface area is 131 Å². The zero-order chi connectivity index (χ0) is 15.2. The molecule has 3 nitrogen and oxygen atoms in total. The van der Waals surface area contributed by atoms with Crippen molar-refractivity contribution < 1.29 is 4.79 Å². The van der Waals surface area contributed by atoms with Gasteiger partial charge in [0.25, 0.3) is 0 Å². The van der Waals surface area contributed by atoms with E-state index >= 15 is 0 Å². The van der Waals surface area contributed by atoms with Crippen molar-refractivity contribution in [2.45, 2.75) is 84.0 Å². The van der Waals surface area contributed by atoms with Gasteiger partial charge in [0.1, 0.15) is 0 Å². The van der Waals surface area contributed by atoms with Gasteiger partial charge in [-0.1, -0.05) is 64.7 Å². The van der Waals surface area contributed by atoms with Gasteiger partial charge < -0.3 is 10.6 Å². The summed E-state index contributed by atoms with van der Waals surface area (Å²) in [4.78, 5) is 11.4. The maximum atomic E-state index is 11.4. The molecule has 0 aliphatic heterocycles. The number of hydrogen-bond acceptors (Lipinski definition) is 2. The van der Waals surface area contributed by atoms with Crippen LogP contribution in [-0.2, 0) is 4.79 Å². The van der Waals surface area contributed by atoms with Gasteiger partial charge >= 0.3 is 0 Å². The Morgan fingerprint density at radius 3 is 1.95 bits per heavy atom. The van der Waals surface area contributed by atoms with E-state index in [1.54, 1.807) is 0 Å². The summed E-state index contributed by atoms with van der Waals surface area (Å²) in [7, 11) is 0. The molecule has 0 atom stereocenters. The maximum absolute atomic E-state index is 11.4. The molecule has 2 N–H and O–H groups in total. The first-order valence-electron chi connectivity index (χ1n) is 9.33. The van der Waals surface area contributed by atoms with Crippen molar-refractivity contribution in [3.63, 3.8) is 0 Å². The first kappa shape index (κ1) is 18.5. The summed E-state index contributed by atoms with van der Waals surface area (Å²) in [6.07, 6.45) is 16.1. The molecular formula is C18H36N2O. The average molecular weight is 296 g/mol. The Kier molecular flexibility index (Phi) is 11.5. The SMILES string of the molecule is CCCCCCCCCCCCNCCNC(=O)C1CC1. The highest BCUT2D eigenvalue weighted by Gasteiger charge is 2.28. The third-order valence-corrected chi connectivity index (χ3v) is 4.26. The fourth-order valence-corrected chi connectivity index (χ4v) is 2.63. The van der Waals surface area contributed by atoms with Gasteiger partial charge in [-0.15, -0.1) is 0 Å². The molecule has 1 fully saturated rings. The molecule has 1 saturated carbocycles. The van der Waals surface area contributed by atoms with Crippen molar-refractivity contribution >= 4 is 5.91 Å². The summed E-state index contributed by atoms with van der Waals surface area (Å²) < 4.78 is 0. The summed E-state index contributed by atoms with van der Waals surface area (Å²) in [5, 5.41) is 6.39. The van der Waals surface area contributed by atoms with Gasteiger partial charge in [-0.3, -0.25) is 4.79 Å². The molecule has 0 aromatic rings. The zero-order valence-electron chi connectivity index (χ0n) is 14.1. The summed E-state index contributed by atoms with van der Waals surface area (Å²) in [5.74, 6) is 0.600. The minimum Gasteiger partial charge on any atom is -0.355 e. The predicted octanol–water partition coefficient (Wildman–Crippen LogP) is 4.02. The first-order chi connectivity index (χ1) is 10.3. The van der Waals surface area contributed by atoms with E-state index in [0.717, 1.165) is 32.5 Å². The van der Waals surface area contributed by atoms with E-state index in [0.29, 0.717) is 5.92 Å². The molecule has 1 aliphatic carbocycles. The van der Waals surface area contributed by atoms with Crippen molar-refractivity contribution in [2.75, 3.05) is 19.6 Å². The third-order valence-electron chi connectivity index (χ3n) is 4.26. The van der Waals surface area contributed by atoms with Crippen LogP contribution in [0.3, 0.4) is 0 Å². The average Bonchev–Trinajstić information content (AvgIpc) is 3.32. The van der Waals surface area contributed by atoms with Crippen LogP contribution in [0.25, 0.3) is 0 Å². The van der Waals surface area contributed by atoms with Gasteiger partial charge in [-0.2, -0.15) is 0 Å². The molecule has 0 heterocycles. The van der Waals surface area contributed by atoms with Gasteiger partial charge in [0.05, 0.1) is 0 Å². The minimum absolute atomic E-state index is 0.260. The zero-order valence-corrected chi connectivity index (χ0v) is 14.1. The summed E-state index contributed by atoms with van der Waals surface area (Å²) in [5.41, 5.74) is 0. The van der Waals surface area contributed by atoms with Crippen molar-refractivity contribution in [2.24, 2.45) is 5.92 Å². The number of rotatable bonds is 15. The normalized spacial score (nSPS) is 14.3. The van der Waals surface area contributed by atoms with E-state index in [2.05, 4.69) is 17.6 Å². The minimum atomic E-state index is 0.260. The lowest BCUT2D eigenvalue weighted by molar-refractivity contribution is -0.122. The fourth-order valence-electron chi connectivity index (χ4n) is 2.63. The van der Waals surface area contributed by atoms with E-state index in [9.17, 15) is 4.79 Å². The van der Waals surface area contributed by atoms with Crippen molar-refractivity contribution in [1.82, 2.24) is 10.6 Å². The third kappa shape index (κ3) is 11.7. The van der Waals surface area contributed by atoms with E-state index < -0.39 is 0 Å². The molecule has 0 unspecified atom stereocenters. The van der Waals surface area contributed by atoms with E-state index in [-0.39, 0.29) is 5.91 Å². The predicted molar refractivity (Wildman–Crippen MR) is 90.4 cm³/mol. The van der Waals surface area contributed by atoms with Gasteiger partial charge in [0.2, 0.25) is 5.91 Å². The number of nitrogens with one attached hydrogen (secondary N) is 2. The van der Waals surface area contributed by atoms with Crippen LogP contribution in [-0.4, -0.2) is 25.5 Å². The second-order valence-corrected chi connectivity index (χ2v) is 6.50. The Hall–Kier alpha value is -0.570. The quantitative estimate of drug-likeness (QED) is 0.448. The highest BCUT2D eigenvalue weighted by molar-refractivity contribution is 5.80. The topological polar surface area (TPSA) is 41.1 Å². The van der Waals surface area contributed by atoms with Gasteiger partial charge in [0.15, 0.2) is 0 Å². The smallest absolute Gasteiger partial charge is 0.223 e. The van der Waals surface area contributed by atoms with E-state index in [1.165, 1.54) is 64.2 Å². The lowest BCUT2D eigenvalue weighted by atomic mass is 10.1. The molecule has 0 bridgehead atoms. The van der Waals surface area contributed by atoms with Crippen LogP contribution in [0.2, 0.25) is 0 Å². The molecule has 124 valence electrons. The lowest BCUT2D eigenvalue weighted by Crippen LogP contribution is -2.33. The molecule has 0 aromatic carbocycles. The van der Waals surface area contributed by atoms with Gasteiger partial charge in [-0.05, 0) is 25.8 Å². The van der Waals surface area contributed by atoms with Crippen molar-refractivity contribution in [1.29, 1.82) is 0 Å². The van der Waals surface area contributed by atoms with Crippen LogP contribution in [0.5, 0.6) is 0 Å². The van der Waals surface area contributed by atoms with E-state index in [1.807, 2.05) is 0 Å². The number of carbonyl (C=O) groups excluding carboxylic acids is 1. The Morgan fingerprint density at radius 1 is 0.810 bits per heavy atom. The van der Waals surface area contributed by atoms with Crippen molar-refractivity contribution in [3.8, 4) is 0 Å². The molecular weight excluding hydrogens is 260 g/mol. The Balaban J connectivity index is 1.66. The van der Waals surface area contributed by atoms with Crippen LogP contribution < -0.4 is 10.6 Å². The van der Waals surface area contributed by atoms with Crippen LogP contribution >= 0.6 is 0 Å². The summed E-state index contributed by atoms with van der Waals surface area (Å²) in [6, 6.07) is 0. The van der Waals surface area contributed by atoms with Crippen LogP contribution in [0.15, 0.2) is 0 Å². The fraction of sp³-hybridized carbons (Fsp3) is 0.944. The Morgan fingerprint density at radius 2 is 1.38 bits per heavy atom. The summed E-state index contributed by atoms with van der Waals surface area (Å²) >= 11 is 0. The van der Waals surface area contributed by atoms with Crippen LogP contribution in [0.1, 0.15) is 84.0 Å². The number of carbonyl (C=O) groups is 1. The first-order valence-corrected chi connectivity index (χ1v) is 9.33. The molecule has 0 saturated heterocycles. The molecule has 0 spiro atoms. The standard InChI is InChI=1S/C18H36N2O/c1-2-3-4-5-6-7-8-9-10-11-14-19-15-16-20-18(21)17-12-13-17/h17,19H,2-16H2,1H3,(H,20,21). The highest BCUT2D eigenvalue weighted by Crippen LogP contribution is 2.28.